The van der Waals surface area contributed by atoms with Crippen molar-refractivity contribution in [2.45, 2.75) is 5.33 Å². The first-order chi connectivity index (χ1) is 6.16. The predicted octanol–water partition coefficient (Wildman–Crippen LogP) is 2.28. The highest BCUT2D eigenvalue weighted by atomic mass is 79.9. The third-order valence-corrected chi connectivity index (χ3v) is 2.40. The molecule has 0 bridgehead atoms. The van der Waals surface area contributed by atoms with Crippen LogP contribution in [0, 0.1) is 0 Å². The van der Waals surface area contributed by atoms with E-state index in [1.165, 1.54) is 0 Å². The van der Waals surface area contributed by atoms with E-state index in [0.717, 1.165) is 11.1 Å². The Morgan fingerprint density at radius 2 is 2.00 bits per heavy atom. The van der Waals surface area contributed by atoms with E-state index in [9.17, 15) is 4.79 Å². The van der Waals surface area contributed by atoms with Crippen molar-refractivity contribution in [1.82, 2.24) is 4.90 Å². The summed E-state index contributed by atoms with van der Waals surface area (Å²) in [6.45, 7) is 0. The summed E-state index contributed by atoms with van der Waals surface area (Å²) in [6, 6.07) is 7.61. The van der Waals surface area contributed by atoms with E-state index in [2.05, 4.69) is 15.9 Å². The van der Waals surface area contributed by atoms with Gasteiger partial charge in [0, 0.05) is 25.0 Å². The van der Waals surface area contributed by atoms with Gasteiger partial charge in [0.15, 0.2) is 0 Å². The van der Waals surface area contributed by atoms with Crippen molar-refractivity contribution in [2.24, 2.45) is 0 Å². The number of carbonyl (C=O) groups excluding carboxylic acids is 1. The van der Waals surface area contributed by atoms with Crippen molar-refractivity contribution in [3.8, 4) is 0 Å². The molecule has 0 aromatic heterocycles. The molecule has 0 spiro atoms. The van der Waals surface area contributed by atoms with E-state index in [1.54, 1.807) is 19.0 Å². The summed E-state index contributed by atoms with van der Waals surface area (Å²) in [5.74, 6) is 0.0510. The van der Waals surface area contributed by atoms with Gasteiger partial charge in [-0.25, -0.2) is 0 Å². The largest absolute Gasteiger partial charge is 0.345 e. The highest BCUT2D eigenvalue weighted by Gasteiger charge is 2.10. The lowest BCUT2D eigenvalue weighted by Gasteiger charge is -2.12. The first-order valence-electron chi connectivity index (χ1n) is 4.02. The second-order valence-corrected chi connectivity index (χ2v) is 3.55. The topological polar surface area (TPSA) is 20.3 Å². The van der Waals surface area contributed by atoms with Crippen LogP contribution in [0.3, 0.4) is 0 Å². The average Bonchev–Trinajstić information content (AvgIpc) is 2.16. The van der Waals surface area contributed by atoms with Gasteiger partial charge in [-0.15, -0.1) is 0 Å². The maximum Gasteiger partial charge on any atom is 0.253 e. The molecule has 13 heavy (non-hydrogen) atoms. The van der Waals surface area contributed by atoms with Gasteiger partial charge in [0.05, 0.1) is 0 Å². The van der Waals surface area contributed by atoms with Crippen LogP contribution in [0.1, 0.15) is 15.9 Å². The fourth-order valence-electron chi connectivity index (χ4n) is 1.09. The van der Waals surface area contributed by atoms with Crippen LogP contribution >= 0.6 is 15.9 Å². The van der Waals surface area contributed by atoms with Crippen molar-refractivity contribution in [1.29, 1.82) is 0 Å². The van der Waals surface area contributed by atoms with Crippen LogP contribution < -0.4 is 0 Å². The number of hydrogen-bond donors (Lipinski definition) is 0. The maximum absolute atomic E-state index is 11.6. The number of alkyl halides is 1. The van der Waals surface area contributed by atoms with E-state index in [1.807, 2.05) is 24.3 Å². The van der Waals surface area contributed by atoms with Crippen LogP contribution in [0.15, 0.2) is 24.3 Å². The summed E-state index contributed by atoms with van der Waals surface area (Å²) in [5.41, 5.74) is 1.80. The standard InChI is InChI=1S/C10H12BrNO/c1-12(2)10(13)9-6-4-3-5-8(9)7-11/h3-6H,7H2,1-2H3. The molecule has 0 unspecified atom stereocenters. The van der Waals surface area contributed by atoms with Crippen LogP contribution in [0.25, 0.3) is 0 Å². The van der Waals surface area contributed by atoms with Crippen LogP contribution in [0.5, 0.6) is 0 Å². The highest BCUT2D eigenvalue weighted by Crippen LogP contribution is 2.13. The van der Waals surface area contributed by atoms with Crippen LogP contribution in [0.2, 0.25) is 0 Å². The zero-order valence-electron chi connectivity index (χ0n) is 7.75. The van der Waals surface area contributed by atoms with Gasteiger partial charge in [-0.2, -0.15) is 0 Å². The zero-order valence-corrected chi connectivity index (χ0v) is 9.34. The minimum absolute atomic E-state index is 0.0510. The molecule has 70 valence electrons. The molecule has 0 aliphatic rings. The third kappa shape index (κ3) is 2.31. The molecule has 0 N–H and O–H groups in total. The molecule has 0 aliphatic carbocycles. The van der Waals surface area contributed by atoms with Crippen molar-refractivity contribution in [3.05, 3.63) is 35.4 Å². The summed E-state index contributed by atoms with van der Waals surface area (Å²) in [4.78, 5) is 13.2. The Balaban J connectivity index is 3.06. The minimum Gasteiger partial charge on any atom is -0.345 e. The molecule has 0 saturated carbocycles. The van der Waals surface area contributed by atoms with E-state index >= 15 is 0 Å². The molecule has 0 fully saturated rings. The van der Waals surface area contributed by atoms with Crippen molar-refractivity contribution < 1.29 is 4.79 Å². The monoisotopic (exact) mass is 241 g/mol. The van der Waals surface area contributed by atoms with Crippen molar-refractivity contribution in [2.75, 3.05) is 14.1 Å². The lowest BCUT2D eigenvalue weighted by molar-refractivity contribution is 0.0827. The van der Waals surface area contributed by atoms with Crippen molar-refractivity contribution >= 4 is 21.8 Å². The first kappa shape index (κ1) is 10.3. The Labute approximate surface area is 86.7 Å². The number of rotatable bonds is 2. The molecule has 0 saturated heterocycles. The fraction of sp³-hybridized carbons (Fsp3) is 0.300. The molecule has 1 aromatic rings. The quantitative estimate of drug-likeness (QED) is 0.728. The summed E-state index contributed by atoms with van der Waals surface area (Å²) in [6.07, 6.45) is 0. The van der Waals surface area contributed by atoms with Crippen LogP contribution in [-0.4, -0.2) is 24.9 Å². The summed E-state index contributed by atoms with van der Waals surface area (Å²) < 4.78 is 0. The number of hydrogen-bond acceptors (Lipinski definition) is 1. The molecule has 1 aromatic carbocycles. The lowest BCUT2D eigenvalue weighted by Crippen LogP contribution is -2.22. The predicted molar refractivity (Wildman–Crippen MR) is 57.1 cm³/mol. The Kier molecular flexibility index (Phi) is 3.48. The van der Waals surface area contributed by atoms with Gasteiger partial charge < -0.3 is 4.90 Å². The van der Waals surface area contributed by atoms with Gasteiger partial charge in [0.25, 0.3) is 5.91 Å². The minimum atomic E-state index is 0.0510. The Hall–Kier alpha value is -0.830. The normalized spacial score (nSPS) is 9.77. The molecule has 1 rings (SSSR count). The Bertz CT molecular complexity index is 310. The maximum atomic E-state index is 11.6. The Morgan fingerprint density at radius 1 is 1.38 bits per heavy atom. The van der Waals surface area contributed by atoms with Gasteiger partial charge in [-0.1, -0.05) is 34.1 Å². The first-order valence-corrected chi connectivity index (χ1v) is 5.14. The molecule has 0 atom stereocenters. The number of benzene rings is 1. The molecule has 0 aliphatic heterocycles. The molecular weight excluding hydrogens is 230 g/mol. The van der Waals surface area contributed by atoms with Gasteiger partial charge in [-0.05, 0) is 11.6 Å². The number of carbonyl (C=O) groups is 1. The molecule has 1 amide bonds. The highest BCUT2D eigenvalue weighted by molar-refractivity contribution is 9.08. The van der Waals surface area contributed by atoms with E-state index in [0.29, 0.717) is 5.33 Å². The van der Waals surface area contributed by atoms with Gasteiger partial charge >= 0.3 is 0 Å². The van der Waals surface area contributed by atoms with Gasteiger partial charge in [-0.3, -0.25) is 4.79 Å². The van der Waals surface area contributed by atoms with Gasteiger partial charge in [0.2, 0.25) is 0 Å². The smallest absolute Gasteiger partial charge is 0.253 e. The van der Waals surface area contributed by atoms with E-state index in [-0.39, 0.29) is 5.91 Å². The van der Waals surface area contributed by atoms with Crippen LogP contribution in [0.4, 0.5) is 0 Å². The lowest BCUT2D eigenvalue weighted by atomic mass is 10.1. The summed E-state index contributed by atoms with van der Waals surface area (Å²) in [5, 5.41) is 0.711. The molecular formula is C10H12BrNO. The Morgan fingerprint density at radius 3 is 2.54 bits per heavy atom. The number of halogens is 1. The second kappa shape index (κ2) is 4.42. The third-order valence-electron chi connectivity index (χ3n) is 1.80. The molecule has 0 heterocycles. The van der Waals surface area contributed by atoms with E-state index < -0.39 is 0 Å². The molecule has 3 heteroatoms. The SMILES string of the molecule is CN(C)C(=O)c1ccccc1CBr. The van der Waals surface area contributed by atoms with E-state index in [4.69, 9.17) is 0 Å². The molecule has 0 radical (unpaired) electrons. The number of amides is 1. The average molecular weight is 242 g/mol. The molecule has 2 nitrogen and oxygen atoms in total. The second-order valence-electron chi connectivity index (χ2n) is 2.99. The van der Waals surface area contributed by atoms with Crippen molar-refractivity contribution in [3.63, 3.8) is 0 Å². The summed E-state index contributed by atoms with van der Waals surface area (Å²) in [7, 11) is 3.51. The van der Waals surface area contributed by atoms with Gasteiger partial charge in [0.1, 0.15) is 0 Å². The van der Waals surface area contributed by atoms with Crippen LogP contribution in [-0.2, 0) is 5.33 Å². The summed E-state index contributed by atoms with van der Waals surface area (Å²) >= 11 is 3.36. The zero-order chi connectivity index (χ0) is 9.84. The number of nitrogens with zero attached hydrogens (tertiary/aromatic N) is 1. The fourth-order valence-corrected chi connectivity index (χ4v) is 1.58.